The summed E-state index contributed by atoms with van der Waals surface area (Å²) in [6.07, 6.45) is -1.02. The molecule has 0 heterocycles. The first-order chi connectivity index (χ1) is 7.93. The Morgan fingerprint density at radius 3 is 2.41 bits per heavy atom. The van der Waals surface area contributed by atoms with Crippen LogP contribution in [0.4, 0.5) is 0 Å². The topological polar surface area (TPSA) is 84.2 Å². The summed E-state index contributed by atoms with van der Waals surface area (Å²) >= 11 is 0. The minimum atomic E-state index is -1.08. The molecule has 0 aliphatic heterocycles. The molecular formula is C12H15NO4. The van der Waals surface area contributed by atoms with E-state index in [1.54, 1.807) is 13.0 Å². The van der Waals surface area contributed by atoms with Gasteiger partial charge in [-0.3, -0.25) is 9.59 Å². The average molecular weight is 237 g/mol. The van der Waals surface area contributed by atoms with Crippen molar-refractivity contribution < 1.29 is 19.1 Å². The highest BCUT2D eigenvalue weighted by atomic mass is 16.5. The van der Waals surface area contributed by atoms with E-state index in [4.69, 9.17) is 10.00 Å². The van der Waals surface area contributed by atoms with E-state index < -0.39 is 23.6 Å². The summed E-state index contributed by atoms with van der Waals surface area (Å²) in [4.78, 5) is 34.1. The lowest BCUT2D eigenvalue weighted by atomic mass is 10.1. The van der Waals surface area contributed by atoms with Gasteiger partial charge >= 0.3 is 5.97 Å². The minimum Gasteiger partial charge on any atom is -0.451 e. The molecule has 0 spiro atoms. The van der Waals surface area contributed by atoms with Gasteiger partial charge in [0.15, 0.2) is 6.10 Å². The SMILES string of the molecule is C=C(C)C(=O)OC(CC)C(=O)C(=O)CCC#N. The van der Waals surface area contributed by atoms with Crippen molar-refractivity contribution in [2.45, 2.75) is 39.2 Å². The molecule has 0 saturated heterocycles. The number of nitriles is 1. The van der Waals surface area contributed by atoms with Gasteiger partial charge < -0.3 is 4.74 Å². The first-order valence-corrected chi connectivity index (χ1v) is 5.24. The molecule has 0 aromatic rings. The highest BCUT2D eigenvalue weighted by Crippen LogP contribution is 2.06. The van der Waals surface area contributed by atoms with Crippen molar-refractivity contribution in [3.8, 4) is 6.07 Å². The van der Waals surface area contributed by atoms with Gasteiger partial charge in [0, 0.05) is 18.4 Å². The molecule has 0 N–H and O–H groups in total. The van der Waals surface area contributed by atoms with Crippen LogP contribution in [-0.4, -0.2) is 23.6 Å². The zero-order valence-electron chi connectivity index (χ0n) is 9.99. The Hall–Kier alpha value is -1.96. The Bertz CT molecular complexity index is 378. The fourth-order valence-corrected chi connectivity index (χ4v) is 1.02. The lowest BCUT2D eigenvalue weighted by Gasteiger charge is -2.13. The van der Waals surface area contributed by atoms with Crippen LogP contribution in [0.25, 0.3) is 0 Å². The van der Waals surface area contributed by atoms with Crippen LogP contribution in [0.15, 0.2) is 12.2 Å². The normalized spacial score (nSPS) is 11.1. The highest BCUT2D eigenvalue weighted by Gasteiger charge is 2.26. The fourth-order valence-electron chi connectivity index (χ4n) is 1.02. The second-order valence-corrected chi connectivity index (χ2v) is 3.53. The smallest absolute Gasteiger partial charge is 0.333 e. The molecule has 17 heavy (non-hydrogen) atoms. The van der Waals surface area contributed by atoms with Crippen molar-refractivity contribution in [1.82, 2.24) is 0 Å². The molecule has 0 rings (SSSR count). The number of hydrogen-bond acceptors (Lipinski definition) is 5. The maximum Gasteiger partial charge on any atom is 0.333 e. The molecule has 1 unspecified atom stereocenters. The van der Waals surface area contributed by atoms with E-state index in [0.29, 0.717) is 0 Å². The van der Waals surface area contributed by atoms with Crippen molar-refractivity contribution in [1.29, 1.82) is 5.26 Å². The molecule has 92 valence electrons. The first-order valence-electron chi connectivity index (χ1n) is 5.24. The number of carbonyl (C=O) groups excluding carboxylic acids is 3. The molecule has 0 radical (unpaired) electrons. The second-order valence-electron chi connectivity index (χ2n) is 3.53. The number of nitrogens with zero attached hydrogens (tertiary/aromatic N) is 1. The van der Waals surface area contributed by atoms with Gasteiger partial charge in [-0.2, -0.15) is 5.26 Å². The van der Waals surface area contributed by atoms with Crippen LogP contribution in [0.2, 0.25) is 0 Å². The summed E-state index contributed by atoms with van der Waals surface area (Å²) in [5, 5.41) is 8.30. The predicted octanol–water partition coefficient (Wildman–Crippen LogP) is 1.33. The number of ether oxygens (including phenoxy) is 1. The van der Waals surface area contributed by atoms with Gasteiger partial charge in [-0.25, -0.2) is 4.79 Å². The monoisotopic (exact) mass is 237 g/mol. The van der Waals surface area contributed by atoms with E-state index in [1.165, 1.54) is 6.92 Å². The van der Waals surface area contributed by atoms with Crippen LogP contribution in [0, 0.1) is 11.3 Å². The molecule has 0 fully saturated rings. The van der Waals surface area contributed by atoms with E-state index in [1.807, 2.05) is 0 Å². The van der Waals surface area contributed by atoms with Crippen LogP contribution < -0.4 is 0 Å². The maximum absolute atomic E-state index is 11.6. The maximum atomic E-state index is 11.6. The standard InChI is InChI=1S/C12H15NO4/c1-4-10(17-12(16)8(2)3)11(15)9(14)6-5-7-13/h10H,2,4-6H2,1,3H3. The Morgan fingerprint density at radius 1 is 1.41 bits per heavy atom. The van der Waals surface area contributed by atoms with Crippen LogP contribution in [0.1, 0.15) is 33.1 Å². The lowest BCUT2D eigenvalue weighted by Crippen LogP contribution is -2.32. The van der Waals surface area contributed by atoms with Crippen LogP contribution >= 0.6 is 0 Å². The van der Waals surface area contributed by atoms with Crippen LogP contribution in [0.3, 0.4) is 0 Å². The van der Waals surface area contributed by atoms with Gasteiger partial charge in [0.2, 0.25) is 11.6 Å². The highest BCUT2D eigenvalue weighted by molar-refractivity contribution is 6.39. The lowest BCUT2D eigenvalue weighted by molar-refractivity contribution is -0.154. The number of ketones is 2. The molecule has 0 aliphatic carbocycles. The molecule has 5 nitrogen and oxygen atoms in total. The summed E-state index contributed by atoms with van der Waals surface area (Å²) in [5.41, 5.74) is 0.167. The quantitative estimate of drug-likeness (QED) is 0.379. The summed E-state index contributed by atoms with van der Waals surface area (Å²) in [6, 6.07) is 1.77. The number of rotatable bonds is 7. The molecule has 1 atom stereocenters. The molecule has 0 saturated carbocycles. The Morgan fingerprint density at radius 2 is 2.00 bits per heavy atom. The first kappa shape index (κ1) is 15.0. The third-order valence-corrected chi connectivity index (χ3v) is 2.00. The van der Waals surface area contributed by atoms with E-state index in [-0.39, 0.29) is 24.8 Å². The largest absolute Gasteiger partial charge is 0.451 e. The Kier molecular flexibility index (Phi) is 6.49. The average Bonchev–Trinajstić information content (AvgIpc) is 2.31. The van der Waals surface area contributed by atoms with E-state index >= 15 is 0 Å². The Labute approximate surface area is 100 Å². The predicted molar refractivity (Wildman–Crippen MR) is 59.8 cm³/mol. The zero-order chi connectivity index (χ0) is 13.4. The zero-order valence-corrected chi connectivity index (χ0v) is 9.99. The van der Waals surface area contributed by atoms with Crippen molar-refractivity contribution >= 4 is 17.5 Å². The van der Waals surface area contributed by atoms with Crippen molar-refractivity contribution in [2.24, 2.45) is 0 Å². The van der Waals surface area contributed by atoms with E-state index in [9.17, 15) is 14.4 Å². The Balaban J connectivity index is 4.51. The molecule has 0 aliphatic rings. The van der Waals surface area contributed by atoms with Crippen molar-refractivity contribution in [2.75, 3.05) is 0 Å². The molecular weight excluding hydrogens is 222 g/mol. The van der Waals surface area contributed by atoms with Crippen LogP contribution in [-0.2, 0) is 19.1 Å². The molecule has 0 aromatic carbocycles. The number of esters is 1. The number of carbonyl (C=O) groups is 3. The van der Waals surface area contributed by atoms with Gasteiger partial charge in [-0.1, -0.05) is 13.5 Å². The number of hydrogen-bond donors (Lipinski definition) is 0. The van der Waals surface area contributed by atoms with Crippen molar-refractivity contribution in [3.05, 3.63) is 12.2 Å². The molecule has 0 aromatic heterocycles. The van der Waals surface area contributed by atoms with Crippen LogP contribution in [0.5, 0.6) is 0 Å². The number of Topliss-reactive ketones (excluding diaryl/α,β-unsaturated/α-hetero) is 2. The van der Waals surface area contributed by atoms with Crippen molar-refractivity contribution in [3.63, 3.8) is 0 Å². The summed E-state index contributed by atoms with van der Waals surface area (Å²) in [6.45, 7) is 6.47. The molecule has 5 heteroatoms. The van der Waals surface area contributed by atoms with Gasteiger partial charge in [0.05, 0.1) is 6.07 Å². The summed E-state index contributed by atoms with van der Waals surface area (Å²) in [7, 11) is 0. The third-order valence-electron chi connectivity index (χ3n) is 2.00. The van der Waals surface area contributed by atoms with Gasteiger partial charge in [-0.05, 0) is 13.3 Å². The minimum absolute atomic E-state index is 0.0184. The third kappa shape index (κ3) is 5.07. The van der Waals surface area contributed by atoms with Gasteiger partial charge in [0.25, 0.3) is 0 Å². The van der Waals surface area contributed by atoms with E-state index in [2.05, 4.69) is 6.58 Å². The molecule has 0 bridgehead atoms. The summed E-state index contributed by atoms with van der Waals surface area (Å²) < 4.78 is 4.83. The molecule has 0 amide bonds. The fraction of sp³-hybridized carbons (Fsp3) is 0.500. The van der Waals surface area contributed by atoms with Gasteiger partial charge in [-0.15, -0.1) is 0 Å². The van der Waals surface area contributed by atoms with Gasteiger partial charge in [0.1, 0.15) is 0 Å². The van der Waals surface area contributed by atoms with E-state index in [0.717, 1.165) is 0 Å². The second kappa shape index (κ2) is 7.34. The summed E-state index contributed by atoms with van der Waals surface area (Å²) in [5.74, 6) is -2.15.